The van der Waals surface area contributed by atoms with E-state index in [-0.39, 0.29) is 6.03 Å². The van der Waals surface area contributed by atoms with Gasteiger partial charge in [-0.15, -0.1) is 11.8 Å². The number of hydrogen-bond donors (Lipinski definition) is 1. The lowest BCUT2D eigenvalue weighted by atomic mass is 10.1. The van der Waals surface area contributed by atoms with Gasteiger partial charge in [0.05, 0.1) is 11.5 Å². The Kier molecular flexibility index (Phi) is 5.38. The van der Waals surface area contributed by atoms with Crippen LogP contribution < -0.4 is 10.2 Å². The summed E-state index contributed by atoms with van der Waals surface area (Å²) in [7, 11) is 0. The van der Waals surface area contributed by atoms with E-state index in [0.717, 1.165) is 28.5 Å². The molecule has 4 rings (SSSR count). The highest BCUT2D eigenvalue weighted by Gasteiger charge is 2.24. The molecule has 3 aliphatic rings. The Hall–Kier alpha value is -2.03. The van der Waals surface area contributed by atoms with Gasteiger partial charge in [0.2, 0.25) is 0 Å². The van der Waals surface area contributed by atoms with Crippen molar-refractivity contribution < 1.29 is 9.53 Å². The number of aromatic nitrogens is 2. The summed E-state index contributed by atoms with van der Waals surface area (Å²) in [6, 6.07) is -0.0670. The van der Waals surface area contributed by atoms with Crippen molar-refractivity contribution in [3.05, 3.63) is 41.0 Å². The fourth-order valence-corrected chi connectivity index (χ4v) is 4.17. The van der Waals surface area contributed by atoms with Crippen LogP contribution in [0.4, 0.5) is 10.6 Å². The molecule has 1 aromatic rings. The first-order chi connectivity index (χ1) is 13.2. The average molecular weight is 406 g/mol. The van der Waals surface area contributed by atoms with Gasteiger partial charge in [-0.2, -0.15) is 0 Å². The number of hydrogen-bond acceptors (Lipinski definition) is 6. The number of nitrogens with zero attached hydrogens (tertiary/aromatic N) is 4. The molecule has 3 heterocycles. The van der Waals surface area contributed by atoms with Crippen LogP contribution in [0.3, 0.4) is 0 Å². The molecule has 1 aromatic heterocycles. The molecule has 0 radical (unpaired) electrons. The number of allylic oxidation sites excluding steroid dienone is 5. The number of ether oxygens (including phenoxy) is 1. The van der Waals surface area contributed by atoms with Gasteiger partial charge >= 0.3 is 6.03 Å². The van der Waals surface area contributed by atoms with Crippen molar-refractivity contribution >= 4 is 40.8 Å². The molecule has 1 N–H and O–H groups in total. The van der Waals surface area contributed by atoms with Crippen molar-refractivity contribution in [2.45, 2.75) is 11.3 Å². The Labute approximate surface area is 167 Å². The highest BCUT2D eigenvalue weighted by atomic mass is 35.5. The van der Waals surface area contributed by atoms with E-state index in [2.05, 4.69) is 15.2 Å². The lowest BCUT2D eigenvalue weighted by molar-refractivity contribution is 0.200. The van der Waals surface area contributed by atoms with Gasteiger partial charge in [-0.05, 0) is 24.8 Å². The van der Waals surface area contributed by atoms with Gasteiger partial charge in [0.1, 0.15) is 17.7 Å². The standard InChI is InChI=1S/C18H20ClN5O2S/c1-27-14-15(19)21-16(22-17(14)23-9-10-26-11-23)12-3-2-4-13(6-5-12)24-8-7-20-18(24)25/h2,4-6H,3,7-11H2,1H3,(H,20,25). The normalized spacial score (nSPS) is 19.9. The van der Waals surface area contributed by atoms with Crippen LogP contribution in [0.25, 0.3) is 5.57 Å². The molecule has 0 atom stereocenters. The van der Waals surface area contributed by atoms with Gasteiger partial charge in [-0.25, -0.2) is 14.8 Å². The van der Waals surface area contributed by atoms with Crippen molar-refractivity contribution in [3.8, 4) is 0 Å². The van der Waals surface area contributed by atoms with Crippen LogP contribution in [0.15, 0.2) is 34.9 Å². The smallest absolute Gasteiger partial charge is 0.321 e. The van der Waals surface area contributed by atoms with Crippen LogP contribution in [-0.2, 0) is 4.74 Å². The van der Waals surface area contributed by atoms with Crippen molar-refractivity contribution in [2.24, 2.45) is 0 Å². The number of halogens is 1. The molecule has 2 fully saturated rings. The van der Waals surface area contributed by atoms with Crippen LogP contribution in [-0.4, -0.2) is 60.1 Å². The molecule has 0 saturated carbocycles. The van der Waals surface area contributed by atoms with Crippen molar-refractivity contribution in [1.82, 2.24) is 20.2 Å². The lowest BCUT2D eigenvalue weighted by Crippen LogP contribution is -2.26. The summed E-state index contributed by atoms with van der Waals surface area (Å²) in [4.78, 5) is 25.9. The zero-order valence-electron chi connectivity index (χ0n) is 14.9. The molecule has 9 heteroatoms. The number of urea groups is 1. The third kappa shape index (κ3) is 3.69. The Morgan fingerprint density at radius 2 is 2.19 bits per heavy atom. The molecule has 7 nitrogen and oxygen atoms in total. The van der Waals surface area contributed by atoms with Crippen molar-refractivity contribution in [2.75, 3.05) is 44.1 Å². The summed E-state index contributed by atoms with van der Waals surface area (Å²) in [6.07, 6.45) is 10.5. The number of carbonyl (C=O) groups excluding carboxylic acids is 1. The Balaban J connectivity index is 1.68. The van der Waals surface area contributed by atoms with E-state index in [0.29, 0.717) is 43.8 Å². The summed E-state index contributed by atoms with van der Waals surface area (Å²) in [6.45, 7) is 3.31. The van der Waals surface area contributed by atoms with E-state index >= 15 is 0 Å². The fraction of sp³-hybridized carbons (Fsp3) is 0.389. The summed E-state index contributed by atoms with van der Waals surface area (Å²) in [5.74, 6) is 1.42. The van der Waals surface area contributed by atoms with Crippen LogP contribution >= 0.6 is 23.4 Å². The van der Waals surface area contributed by atoms with Gasteiger partial charge in [0.15, 0.2) is 5.82 Å². The Bertz CT molecular complexity index is 848. The molecule has 27 heavy (non-hydrogen) atoms. The van der Waals surface area contributed by atoms with Crippen LogP contribution in [0.2, 0.25) is 5.15 Å². The number of carbonyl (C=O) groups is 1. The molecule has 142 valence electrons. The third-order valence-electron chi connectivity index (χ3n) is 4.60. The maximum atomic E-state index is 11.9. The highest BCUT2D eigenvalue weighted by molar-refractivity contribution is 7.98. The second-order valence-electron chi connectivity index (χ2n) is 6.27. The summed E-state index contributed by atoms with van der Waals surface area (Å²) in [5.41, 5.74) is 1.82. The quantitative estimate of drug-likeness (QED) is 0.613. The van der Waals surface area contributed by atoms with E-state index in [4.69, 9.17) is 21.3 Å². The van der Waals surface area contributed by atoms with Gasteiger partial charge in [-0.1, -0.05) is 23.8 Å². The van der Waals surface area contributed by atoms with Crippen molar-refractivity contribution in [3.63, 3.8) is 0 Å². The summed E-state index contributed by atoms with van der Waals surface area (Å²) >= 11 is 8.00. The molecule has 0 unspecified atom stereocenters. The number of rotatable bonds is 4. The monoisotopic (exact) mass is 405 g/mol. The van der Waals surface area contributed by atoms with Crippen LogP contribution in [0, 0.1) is 0 Å². The van der Waals surface area contributed by atoms with E-state index in [1.54, 1.807) is 4.90 Å². The zero-order valence-corrected chi connectivity index (χ0v) is 16.5. The van der Waals surface area contributed by atoms with Gasteiger partial charge < -0.3 is 15.0 Å². The van der Waals surface area contributed by atoms with Crippen LogP contribution in [0.5, 0.6) is 0 Å². The number of anilines is 1. The Morgan fingerprint density at radius 3 is 2.89 bits per heavy atom. The maximum absolute atomic E-state index is 11.9. The molecule has 0 spiro atoms. The molecular weight excluding hydrogens is 386 g/mol. The van der Waals surface area contributed by atoms with E-state index in [1.807, 2.05) is 30.6 Å². The predicted octanol–water partition coefficient (Wildman–Crippen LogP) is 2.90. The number of thioether (sulfide) groups is 1. The SMILES string of the molecule is CSc1c(Cl)nc(C2=CC=C(N3CCNC3=O)C=CC2)nc1N1CCOC1. The molecule has 2 saturated heterocycles. The minimum Gasteiger partial charge on any atom is -0.359 e. The second-order valence-corrected chi connectivity index (χ2v) is 7.44. The lowest BCUT2D eigenvalue weighted by Gasteiger charge is -2.19. The summed E-state index contributed by atoms with van der Waals surface area (Å²) < 4.78 is 5.47. The van der Waals surface area contributed by atoms with Gasteiger partial charge in [-0.3, -0.25) is 4.90 Å². The largest absolute Gasteiger partial charge is 0.359 e. The molecule has 0 bridgehead atoms. The topological polar surface area (TPSA) is 70.6 Å². The van der Waals surface area contributed by atoms with Crippen LogP contribution in [0.1, 0.15) is 12.2 Å². The first kappa shape index (κ1) is 18.3. The zero-order chi connectivity index (χ0) is 18.8. The molecular formula is C18H20ClN5O2S. The maximum Gasteiger partial charge on any atom is 0.321 e. The highest BCUT2D eigenvalue weighted by Crippen LogP contribution is 2.35. The number of amides is 2. The van der Waals surface area contributed by atoms with Gasteiger partial charge in [0.25, 0.3) is 0 Å². The minimum absolute atomic E-state index is 0.0670. The minimum atomic E-state index is -0.0670. The molecule has 2 aliphatic heterocycles. The number of nitrogens with one attached hydrogen (secondary N) is 1. The fourth-order valence-electron chi connectivity index (χ4n) is 3.21. The van der Waals surface area contributed by atoms with Gasteiger partial charge in [0, 0.05) is 30.9 Å². The third-order valence-corrected chi connectivity index (χ3v) is 5.77. The van der Waals surface area contributed by atoms with E-state index in [1.165, 1.54) is 11.8 Å². The summed E-state index contributed by atoms with van der Waals surface area (Å²) in [5, 5.41) is 3.27. The van der Waals surface area contributed by atoms with E-state index < -0.39 is 0 Å². The first-order valence-electron chi connectivity index (χ1n) is 8.74. The average Bonchev–Trinajstić information content (AvgIpc) is 3.28. The predicted molar refractivity (Wildman–Crippen MR) is 107 cm³/mol. The second kappa shape index (κ2) is 7.92. The Morgan fingerprint density at radius 1 is 1.30 bits per heavy atom. The van der Waals surface area contributed by atoms with E-state index in [9.17, 15) is 4.79 Å². The molecule has 1 aliphatic carbocycles. The van der Waals surface area contributed by atoms with Crippen molar-refractivity contribution in [1.29, 1.82) is 0 Å². The molecule has 0 aromatic carbocycles. The molecule has 2 amide bonds. The first-order valence-corrected chi connectivity index (χ1v) is 10.3.